The summed E-state index contributed by atoms with van der Waals surface area (Å²) >= 11 is 11.8. The van der Waals surface area contributed by atoms with Crippen LogP contribution in [0, 0.1) is 6.92 Å². The Kier molecular flexibility index (Phi) is 7.44. The van der Waals surface area contributed by atoms with Gasteiger partial charge < -0.3 is 15.4 Å². The Morgan fingerprint density at radius 2 is 1.77 bits per heavy atom. The van der Waals surface area contributed by atoms with Gasteiger partial charge in [-0.15, -0.1) is 0 Å². The molecule has 0 bridgehead atoms. The van der Waals surface area contributed by atoms with E-state index >= 15 is 0 Å². The lowest BCUT2D eigenvalue weighted by Gasteiger charge is -2.23. The molecule has 0 radical (unpaired) electrons. The molecular weight excluding hydrogens is 416 g/mol. The molecule has 0 unspecified atom stereocenters. The smallest absolute Gasteiger partial charge is 0.339 e. The maximum Gasteiger partial charge on any atom is 0.339 e. The molecule has 0 heterocycles. The van der Waals surface area contributed by atoms with Crippen molar-refractivity contribution >= 4 is 40.6 Å². The predicted octanol–water partition coefficient (Wildman–Crippen LogP) is 5.90. The number of nitrogens with one attached hydrogen (secondary N) is 2. The highest BCUT2D eigenvalue weighted by atomic mass is 35.5. The van der Waals surface area contributed by atoms with Gasteiger partial charge in [0.1, 0.15) is 0 Å². The molecule has 154 valence electrons. The Balaban J connectivity index is 1.79. The second-order valence-corrected chi connectivity index (χ2v) is 7.53. The van der Waals surface area contributed by atoms with E-state index in [0.717, 1.165) is 11.1 Å². The van der Waals surface area contributed by atoms with Crippen LogP contribution in [0.25, 0.3) is 0 Å². The number of rotatable bonds is 6. The first kappa shape index (κ1) is 21.8. The fourth-order valence-corrected chi connectivity index (χ4v) is 3.66. The highest BCUT2D eigenvalue weighted by molar-refractivity contribution is 7.80. The molecule has 30 heavy (non-hydrogen) atoms. The topological polar surface area (TPSA) is 50.4 Å². The Morgan fingerprint density at radius 1 is 1.07 bits per heavy atom. The fourth-order valence-electron chi connectivity index (χ4n) is 3.16. The third kappa shape index (κ3) is 5.38. The Hall–Kier alpha value is -2.89. The lowest BCUT2D eigenvalue weighted by molar-refractivity contribution is 0.0526. The Morgan fingerprint density at radius 3 is 2.43 bits per heavy atom. The van der Waals surface area contributed by atoms with Gasteiger partial charge >= 0.3 is 5.97 Å². The number of aryl methyl sites for hydroxylation is 1. The van der Waals surface area contributed by atoms with Crippen molar-refractivity contribution in [1.29, 1.82) is 0 Å². The lowest BCUT2D eigenvalue weighted by atomic mass is 9.95. The minimum absolute atomic E-state index is 0.110. The van der Waals surface area contributed by atoms with Gasteiger partial charge in [-0.2, -0.15) is 0 Å². The molecule has 4 nitrogen and oxygen atoms in total. The zero-order valence-corrected chi connectivity index (χ0v) is 18.4. The summed E-state index contributed by atoms with van der Waals surface area (Å²) in [5, 5.41) is 7.31. The molecule has 6 heteroatoms. The van der Waals surface area contributed by atoms with Crippen LogP contribution in [0.4, 0.5) is 5.69 Å². The average molecular weight is 439 g/mol. The number of thiocarbonyl (C=S) groups is 1. The number of carbonyl (C=O) groups excluding carboxylic acids is 1. The zero-order chi connectivity index (χ0) is 21.5. The van der Waals surface area contributed by atoms with Crippen molar-refractivity contribution in [2.75, 3.05) is 11.9 Å². The van der Waals surface area contributed by atoms with Crippen LogP contribution in [0.15, 0.2) is 72.8 Å². The normalized spacial score (nSPS) is 11.4. The summed E-state index contributed by atoms with van der Waals surface area (Å²) in [4.78, 5) is 11.9. The van der Waals surface area contributed by atoms with Crippen molar-refractivity contribution in [3.63, 3.8) is 0 Å². The number of ether oxygens (including phenoxy) is 1. The van der Waals surface area contributed by atoms with Crippen LogP contribution in [-0.4, -0.2) is 17.7 Å². The fraction of sp³-hybridized carbons (Fsp3) is 0.167. The van der Waals surface area contributed by atoms with Crippen LogP contribution in [0.3, 0.4) is 0 Å². The number of carbonyl (C=O) groups is 1. The van der Waals surface area contributed by atoms with E-state index in [-0.39, 0.29) is 6.04 Å². The molecule has 3 aromatic rings. The molecule has 1 atom stereocenters. The quantitative estimate of drug-likeness (QED) is 0.370. The van der Waals surface area contributed by atoms with E-state index in [0.29, 0.717) is 28.0 Å². The first-order valence-corrected chi connectivity index (χ1v) is 10.4. The summed E-state index contributed by atoms with van der Waals surface area (Å²) < 4.78 is 5.01. The molecular formula is C24H23ClN2O2S. The molecule has 0 saturated carbocycles. The van der Waals surface area contributed by atoms with E-state index in [1.54, 1.807) is 25.1 Å². The van der Waals surface area contributed by atoms with E-state index in [2.05, 4.69) is 41.8 Å². The first-order valence-electron chi connectivity index (χ1n) is 9.64. The first-order chi connectivity index (χ1) is 14.5. The van der Waals surface area contributed by atoms with Crippen molar-refractivity contribution in [3.05, 3.63) is 100 Å². The molecule has 0 aromatic heterocycles. The van der Waals surface area contributed by atoms with Crippen LogP contribution in [-0.2, 0) is 4.74 Å². The molecule has 0 amide bonds. The van der Waals surface area contributed by atoms with Crippen LogP contribution >= 0.6 is 23.8 Å². The summed E-state index contributed by atoms with van der Waals surface area (Å²) in [6.07, 6.45) is 0. The maximum absolute atomic E-state index is 11.9. The molecule has 0 fully saturated rings. The summed E-state index contributed by atoms with van der Waals surface area (Å²) in [6.45, 7) is 4.13. The number of esters is 1. The Labute approximate surface area is 187 Å². The van der Waals surface area contributed by atoms with Gasteiger partial charge in [-0.25, -0.2) is 4.79 Å². The molecule has 0 aliphatic heterocycles. The van der Waals surface area contributed by atoms with Crippen molar-refractivity contribution < 1.29 is 9.53 Å². The standard InChI is InChI=1S/C24H23ClN2O2S/c1-3-29-23(28)20-14-13-18(15-21(20)25)26-24(30)27-22(17-10-5-4-6-11-17)19-12-8-7-9-16(19)2/h4-15,22H,3H2,1-2H3,(H2,26,27,30)/t22-/m1/s1. The van der Waals surface area contributed by atoms with Gasteiger partial charge in [-0.05, 0) is 61.0 Å². The van der Waals surface area contributed by atoms with Gasteiger partial charge in [0, 0.05) is 5.69 Å². The summed E-state index contributed by atoms with van der Waals surface area (Å²) in [5.74, 6) is -0.446. The second-order valence-electron chi connectivity index (χ2n) is 6.71. The average Bonchev–Trinajstić information content (AvgIpc) is 2.73. The number of hydrogen-bond acceptors (Lipinski definition) is 3. The monoisotopic (exact) mass is 438 g/mol. The lowest BCUT2D eigenvalue weighted by Crippen LogP contribution is -2.33. The van der Waals surface area contributed by atoms with Gasteiger partial charge in [-0.3, -0.25) is 0 Å². The van der Waals surface area contributed by atoms with E-state index in [9.17, 15) is 4.79 Å². The third-order valence-electron chi connectivity index (χ3n) is 4.63. The molecule has 0 saturated heterocycles. The zero-order valence-electron chi connectivity index (χ0n) is 16.8. The van der Waals surface area contributed by atoms with Crippen LogP contribution < -0.4 is 10.6 Å². The molecule has 0 aliphatic carbocycles. The maximum atomic E-state index is 11.9. The molecule has 2 N–H and O–H groups in total. The number of benzene rings is 3. The van der Waals surface area contributed by atoms with Crippen LogP contribution in [0.2, 0.25) is 5.02 Å². The van der Waals surface area contributed by atoms with E-state index in [1.807, 2.05) is 30.3 Å². The van der Waals surface area contributed by atoms with Gasteiger partial charge in [0.25, 0.3) is 0 Å². The van der Waals surface area contributed by atoms with Crippen molar-refractivity contribution in [1.82, 2.24) is 5.32 Å². The van der Waals surface area contributed by atoms with Gasteiger partial charge in [0.2, 0.25) is 0 Å². The highest BCUT2D eigenvalue weighted by Crippen LogP contribution is 2.26. The number of halogens is 1. The minimum Gasteiger partial charge on any atom is -0.462 e. The second kappa shape index (κ2) is 10.2. The van der Waals surface area contributed by atoms with Crippen molar-refractivity contribution in [2.24, 2.45) is 0 Å². The molecule has 0 aliphatic rings. The third-order valence-corrected chi connectivity index (χ3v) is 5.16. The number of hydrogen-bond donors (Lipinski definition) is 2. The van der Waals surface area contributed by atoms with Crippen LogP contribution in [0.1, 0.15) is 40.0 Å². The van der Waals surface area contributed by atoms with Gasteiger partial charge in [0.15, 0.2) is 5.11 Å². The largest absolute Gasteiger partial charge is 0.462 e. The molecule has 3 aromatic carbocycles. The highest BCUT2D eigenvalue weighted by Gasteiger charge is 2.17. The molecule has 3 rings (SSSR count). The van der Waals surface area contributed by atoms with Crippen molar-refractivity contribution in [2.45, 2.75) is 19.9 Å². The van der Waals surface area contributed by atoms with Gasteiger partial charge in [0.05, 0.1) is 23.2 Å². The van der Waals surface area contributed by atoms with Gasteiger partial charge in [-0.1, -0.05) is 66.2 Å². The SMILES string of the molecule is CCOC(=O)c1ccc(NC(=S)N[C@H](c2ccccc2)c2ccccc2C)cc1Cl. The van der Waals surface area contributed by atoms with E-state index in [1.165, 1.54) is 5.56 Å². The summed E-state index contributed by atoms with van der Waals surface area (Å²) in [5.41, 5.74) is 4.42. The minimum atomic E-state index is -0.446. The van der Waals surface area contributed by atoms with Crippen molar-refractivity contribution in [3.8, 4) is 0 Å². The van der Waals surface area contributed by atoms with Crippen LogP contribution in [0.5, 0.6) is 0 Å². The molecule has 0 spiro atoms. The van der Waals surface area contributed by atoms with E-state index < -0.39 is 5.97 Å². The summed E-state index contributed by atoms with van der Waals surface area (Å²) in [6, 6.07) is 23.3. The number of anilines is 1. The predicted molar refractivity (Wildman–Crippen MR) is 126 cm³/mol. The van der Waals surface area contributed by atoms with E-state index in [4.69, 9.17) is 28.6 Å². The Bertz CT molecular complexity index is 1040. The summed E-state index contributed by atoms with van der Waals surface area (Å²) in [7, 11) is 0.